The van der Waals surface area contributed by atoms with E-state index in [4.69, 9.17) is 9.47 Å². The highest BCUT2D eigenvalue weighted by atomic mass is 19.4. The van der Waals surface area contributed by atoms with Crippen LogP contribution in [0.15, 0.2) is 47.3 Å². The lowest BCUT2D eigenvalue weighted by Crippen LogP contribution is -2.61. The number of carboxylic acids is 1. The van der Waals surface area contributed by atoms with Gasteiger partial charge in [-0.25, -0.2) is 9.48 Å². The number of fused-ring (bicyclic) bond motifs is 1. The number of amides is 1. The summed E-state index contributed by atoms with van der Waals surface area (Å²) in [5, 5.41) is 49.6. The van der Waals surface area contributed by atoms with Gasteiger partial charge in [0.25, 0.3) is 5.56 Å². The molecule has 1 aliphatic rings. The molecule has 0 bridgehead atoms. The summed E-state index contributed by atoms with van der Waals surface area (Å²) in [6, 6.07) is 8.47. The smallest absolute Gasteiger partial charge is 0.479 e. The SMILES string of the molecule is C[C@H](NC(=O)Cn1nnc2ccccc2c1=O)c1ccc(OC(F)(F)F)c(O[C@@H]2O[C@H](C(=O)O)[C@@H](O)[C@H](O)[C@H]2O)c1. The molecule has 1 saturated heterocycles. The Morgan fingerprint density at radius 1 is 1.10 bits per heavy atom. The molecule has 2 aromatic carbocycles. The van der Waals surface area contributed by atoms with Crippen molar-refractivity contribution in [2.75, 3.05) is 0 Å². The molecule has 3 aromatic rings. The molecule has 17 heteroatoms. The highest BCUT2D eigenvalue weighted by molar-refractivity contribution is 5.78. The normalized spacial score (nSPS) is 23.5. The first-order chi connectivity index (χ1) is 19.2. The predicted octanol–water partition coefficient (Wildman–Crippen LogP) is -0.162. The Bertz CT molecular complexity index is 1500. The number of carboxylic acid groups (broad SMARTS) is 1. The van der Waals surface area contributed by atoms with E-state index in [1.165, 1.54) is 13.0 Å². The van der Waals surface area contributed by atoms with Gasteiger partial charge in [-0.2, -0.15) is 0 Å². The van der Waals surface area contributed by atoms with E-state index in [1.54, 1.807) is 18.2 Å². The molecule has 1 aromatic heterocycles. The first kappa shape index (κ1) is 29.7. The summed E-state index contributed by atoms with van der Waals surface area (Å²) in [4.78, 5) is 36.6. The summed E-state index contributed by atoms with van der Waals surface area (Å²) in [6.07, 6.45) is -15.5. The molecular formula is C24H23F3N4O10. The third-order valence-electron chi connectivity index (χ3n) is 6.05. The van der Waals surface area contributed by atoms with Crippen molar-refractivity contribution in [3.8, 4) is 11.5 Å². The monoisotopic (exact) mass is 584 g/mol. The molecule has 1 amide bonds. The van der Waals surface area contributed by atoms with Gasteiger partial charge in [0, 0.05) is 0 Å². The highest BCUT2D eigenvalue weighted by Crippen LogP contribution is 2.36. The van der Waals surface area contributed by atoms with Gasteiger partial charge in [0.1, 0.15) is 30.4 Å². The molecule has 0 radical (unpaired) electrons. The number of aromatic nitrogens is 3. The van der Waals surface area contributed by atoms with Crippen LogP contribution in [-0.4, -0.2) is 84.4 Å². The number of hydrogen-bond donors (Lipinski definition) is 5. The van der Waals surface area contributed by atoms with E-state index in [1.807, 2.05) is 0 Å². The van der Waals surface area contributed by atoms with Crippen molar-refractivity contribution in [2.45, 2.75) is 56.6 Å². The lowest BCUT2D eigenvalue weighted by Gasteiger charge is -2.38. The number of carbonyl (C=O) groups is 2. The summed E-state index contributed by atoms with van der Waals surface area (Å²) < 4.78 is 54.1. The van der Waals surface area contributed by atoms with Gasteiger partial charge in [-0.3, -0.25) is 9.59 Å². The largest absolute Gasteiger partial charge is 0.573 e. The maximum Gasteiger partial charge on any atom is 0.573 e. The van der Waals surface area contributed by atoms with Crippen LogP contribution in [0.25, 0.3) is 10.9 Å². The van der Waals surface area contributed by atoms with Gasteiger partial charge < -0.3 is 40.0 Å². The van der Waals surface area contributed by atoms with Crippen molar-refractivity contribution in [2.24, 2.45) is 0 Å². The molecule has 0 saturated carbocycles. The molecule has 6 atom stereocenters. The minimum Gasteiger partial charge on any atom is -0.479 e. The van der Waals surface area contributed by atoms with E-state index < -0.39 is 78.6 Å². The van der Waals surface area contributed by atoms with Crippen LogP contribution in [-0.2, 0) is 20.9 Å². The Morgan fingerprint density at radius 2 is 1.80 bits per heavy atom. The molecule has 41 heavy (non-hydrogen) atoms. The number of nitrogens with zero attached hydrogens (tertiary/aromatic N) is 3. The van der Waals surface area contributed by atoms with Crippen LogP contribution in [0.5, 0.6) is 11.5 Å². The van der Waals surface area contributed by atoms with Gasteiger partial charge >= 0.3 is 12.3 Å². The Balaban J connectivity index is 1.55. The third-order valence-corrected chi connectivity index (χ3v) is 6.05. The molecular weight excluding hydrogens is 561 g/mol. The number of alkyl halides is 3. The average Bonchev–Trinajstić information content (AvgIpc) is 2.90. The van der Waals surface area contributed by atoms with Crippen LogP contribution in [0.1, 0.15) is 18.5 Å². The van der Waals surface area contributed by atoms with Gasteiger partial charge in [0.15, 0.2) is 17.6 Å². The number of aliphatic hydroxyl groups is 3. The Hall–Kier alpha value is -4.32. The number of rotatable bonds is 8. The van der Waals surface area contributed by atoms with Crippen LogP contribution in [0, 0.1) is 0 Å². The van der Waals surface area contributed by atoms with Crippen molar-refractivity contribution in [1.82, 2.24) is 20.3 Å². The molecule has 5 N–H and O–H groups in total. The average molecular weight is 584 g/mol. The summed E-state index contributed by atoms with van der Waals surface area (Å²) >= 11 is 0. The molecule has 0 aliphatic carbocycles. The number of nitrogens with one attached hydrogen (secondary N) is 1. The van der Waals surface area contributed by atoms with Gasteiger partial charge in [0.05, 0.1) is 11.4 Å². The third kappa shape index (κ3) is 6.71. The minimum atomic E-state index is -5.18. The molecule has 4 rings (SSSR count). The van der Waals surface area contributed by atoms with E-state index in [9.17, 15) is 48.0 Å². The van der Waals surface area contributed by atoms with Gasteiger partial charge in [-0.1, -0.05) is 23.4 Å². The Morgan fingerprint density at radius 3 is 2.49 bits per heavy atom. The fourth-order valence-corrected chi connectivity index (χ4v) is 4.00. The predicted molar refractivity (Wildman–Crippen MR) is 128 cm³/mol. The van der Waals surface area contributed by atoms with Crippen LogP contribution < -0.4 is 20.3 Å². The van der Waals surface area contributed by atoms with Crippen LogP contribution in [0.3, 0.4) is 0 Å². The van der Waals surface area contributed by atoms with Crippen molar-refractivity contribution >= 4 is 22.8 Å². The zero-order chi connectivity index (χ0) is 30.1. The molecule has 0 spiro atoms. The van der Waals surface area contributed by atoms with Gasteiger partial charge in [0.2, 0.25) is 12.2 Å². The maximum absolute atomic E-state index is 13.0. The van der Waals surface area contributed by atoms with Crippen LogP contribution in [0.4, 0.5) is 13.2 Å². The van der Waals surface area contributed by atoms with Gasteiger partial charge in [-0.05, 0) is 36.8 Å². The van der Waals surface area contributed by atoms with Crippen molar-refractivity contribution in [3.63, 3.8) is 0 Å². The fraction of sp³-hybridized carbons (Fsp3) is 0.375. The number of hydrogen-bond acceptors (Lipinski definition) is 11. The number of aliphatic carboxylic acids is 1. The standard InChI is InChI=1S/C24H23F3N4O10/c1-10(28-16(32)9-31-21(36)12-4-2-3-5-13(12)29-30-31)11-6-7-14(41-24(25,26)27)15(8-11)39-23-19(35)17(33)18(34)20(40-23)22(37)38/h2-8,10,17-20,23,33-35H,9H2,1H3,(H,28,32)(H,37,38)/t10-,17-,18-,19+,20-,23+/m0/s1. The number of ether oxygens (including phenoxy) is 3. The van der Waals surface area contributed by atoms with E-state index in [0.29, 0.717) is 5.52 Å². The highest BCUT2D eigenvalue weighted by Gasteiger charge is 2.48. The lowest BCUT2D eigenvalue weighted by atomic mass is 9.99. The molecule has 220 valence electrons. The van der Waals surface area contributed by atoms with Crippen molar-refractivity contribution < 1.29 is 57.4 Å². The van der Waals surface area contributed by atoms with Crippen LogP contribution in [0.2, 0.25) is 0 Å². The first-order valence-corrected chi connectivity index (χ1v) is 11.9. The van der Waals surface area contributed by atoms with Crippen molar-refractivity contribution in [1.29, 1.82) is 0 Å². The lowest BCUT2D eigenvalue weighted by molar-refractivity contribution is -0.280. The zero-order valence-corrected chi connectivity index (χ0v) is 20.9. The summed E-state index contributed by atoms with van der Waals surface area (Å²) in [5.74, 6) is -4.05. The minimum absolute atomic E-state index is 0.153. The maximum atomic E-state index is 13.0. The fourth-order valence-electron chi connectivity index (χ4n) is 4.00. The molecule has 2 heterocycles. The van der Waals surface area contributed by atoms with Crippen LogP contribution >= 0.6 is 0 Å². The summed E-state index contributed by atoms with van der Waals surface area (Å²) in [5.41, 5.74) is -0.0822. The van der Waals surface area contributed by atoms with Gasteiger partial charge in [-0.15, -0.1) is 18.3 Å². The van der Waals surface area contributed by atoms with E-state index >= 15 is 0 Å². The molecule has 1 aliphatic heterocycles. The van der Waals surface area contributed by atoms with E-state index in [-0.39, 0.29) is 10.9 Å². The number of benzene rings is 2. The van der Waals surface area contributed by atoms with E-state index in [2.05, 4.69) is 20.4 Å². The molecule has 14 nitrogen and oxygen atoms in total. The van der Waals surface area contributed by atoms with E-state index in [0.717, 1.165) is 22.9 Å². The Kier molecular flexibility index (Phi) is 8.43. The quantitative estimate of drug-likeness (QED) is 0.234. The zero-order valence-electron chi connectivity index (χ0n) is 20.9. The van der Waals surface area contributed by atoms with Crippen molar-refractivity contribution in [3.05, 3.63) is 58.4 Å². The first-order valence-electron chi connectivity index (χ1n) is 11.9. The second kappa shape index (κ2) is 11.7. The number of halogens is 3. The summed E-state index contributed by atoms with van der Waals surface area (Å²) in [6.45, 7) is 0.932. The second-order valence-electron chi connectivity index (χ2n) is 8.97. The summed E-state index contributed by atoms with van der Waals surface area (Å²) in [7, 11) is 0. The molecule has 1 fully saturated rings. The topological polar surface area (TPSA) is 203 Å². The Labute approximate surface area is 227 Å². The number of aliphatic hydroxyl groups excluding tert-OH is 3. The number of carbonyl (C=O) groups excluding carboxylic acids is 1. The molecule has 0 unspecified atom stereocenters. The second-order valence-corrected chi connectivity index (χ2v) is 8.97.